The summed E-state index contributed by atoms with van der Waals surface area (Å²) in [6.45, 7) is 4.28. The van der Waals surface area contributed by atoms with E-state index >= 15 is 0 Å². The third kappa shape index (κ3) is 6.68. The molecular formula is C24H31ClN6O3S. The number of piperidine rings is 1. The Kier molecular flexibility index (Phi) is 9.29. The van der Waals surface area contributed by atoms with E-state index in [2.05, 4.69) is 20.8 Å². The van der Waals surface area contributed by atoms with Gasteiger partial charge in [-0.05, 0) is 55.9 Å². The summed E-state index contributed by atoms with van der Waals surface area (Å²) in [6.07, 6.45) is 5.35. The van der Waals surface area contributed by atoms with Gasteiger partial charge in [0, 0.05) is 44.1 Å². The summed E-state index contributed by atoms with van der Waals surface area (Å²) in [5.41, 5.74) is 1.85. The number of hydrogen-bond acceptors (Lipinski definition) is 9. The summed E-state index contributed by atoms with van der Waals surface area (Å²) in [5.74, 6) is 0.416. The van der Waals surface area contributed by atoms with Crippen molar-refractivity contribution >= 4 is 35.1 Å². The van der Waals surface area contributed by atoms with Crippen molar-refractivity contribution < 1.29 is 9.84 Å². The summed E-state index contributed by atoms with van der Waals surface area (Å²) in [4.78, 5) is 12.9. The molecule has 2 aromatic rings. The van der Waals surface area contributed by atoms with Gasteiger partial charge < -0.3 is 19.5 Å². The Balaban J connectivity index is 1.33. The van der Waals surface area contributed by atoms with E-state index in [0.29, 0.717) is 30.3 Å². The van der Waals surface area contributed by atoms with Crippen LogP contribution in [0, 0.1) is 17.2 Å². The SMILES string of the molecule is N#Cc1ccc(N(CCO)SN2CCC(n3ncc(NC[C@@H]4CCCOC4)c(Cl)c3=O)CC2)cc1. The van der Waals surface area contributed by atoms with Gasteiger partial charge in [0.2, 0.25) is 0 Å². The smallest absolute Gasteiger partial charge is 0.287 e. The van der Waals surface area contributed by atoms with Crippen molar-refractivity contribution in [2.24, 2.45) is 5.92 Å². The molecule has 11 heteroatoms. The topological polar surface area (TPSA) is 107 Å². The quantitative estimate of drug-likeness (QED) is 0.483. The van der Waals surface area contributed by atoms with Crippen molar-refractivity contribution in [3.63, 3.8) is 0 Å². The van der Waals surface area contributed by atoms with Gasteiger partial charge in [-0.15, -0.1) is 0 Å². The normalized spacial score (nSPS) is 19.3. The van der Waals surface area contributed by atoms with E-state index in [1.165, 1.54) is 4.68 Å². The van der Waals surface area contributed by atoms with Gasteiger partial charge in [-0.25, -0.2) is 8.99 Å². The van der Waals surface area contributed by atoms with Crippen LogP contribution in [0.2, 0.25) is 5.02 Å². The summed E-state index contributed by atoms with van der Waals surface area (Å²) >= 11 is 7.98. The van der Waals surface area contributed by atoms with E-state index in [0.717, 1.165) is 57.7 Å². The minimum absolute atomic E-state index is 0.0150. The number of nitrogens with zero attached hydrogens (tertiary/aromatic N) is 5. The maximum atomic E-state index is 12.9. The van der Waals surface area contributed by atoms with Gasteiger partial charge in [0.1, 0.15) is 5.02 Å². The fourth-order valence-corrected chi connectivity index (χ4v) is 5.60. The zero-order valence-electron chi connectivity index (χ0n) is 19.6. The Hall–Kier alpha value is -2.29. The van der Waals surface area contributed by atoms with Gasteiger partial charge in [-0.2, -0.15) is 10.4 Å². The number of anilines is 2. The predicted molar refractivity (Wildman–Crippen MR) is 139 cm³/mol. The van der Waals surface area contributed by atoms with Crippen molar-refractivity contribution in [2.75, 3.05) is 55.6 Å². The van der Waals surface area contributed by atoms with Gasteiger partial charge in [0.15, 0.2) is 0 Å². The molecule has 1 aromatic carbocycles. The number of halogens is 1. The van der Waals surface area contributed by atoms with E-state index < -0.39 is 0 Å². The second-order valence-corrected chi connectivity index (χ2v) is 10.3. The molecule has 1 atom stereocenters. The van der Waals surface area contributed by atoms with Crippen LogP contribution in [-0.4, -0.2) is 65.2 Å². The Morgan fingerprint density at radius 1 is 1.29 bits per heavy atom. The minimum Gasteiger partial charge on any atom is -0.394 e. The Bertz CT molecular complexity index is 1060. The van der Waals surface area contributed by atoms with Crippen LogP contribution in [0.4, 0.5) is 11.4 Å². The first-order valence-electron chi connectivity index (χ1n) is 12.0. The first-order chi connectivity index (χ1) is 17.1. The fourth-order valence-electron chi connectivity index (χ4n) is 4.37. The highest BCUT2D eigenvalue weighted by molar-refractivity contribution is 7.98. The molecule has 35 heavy (non-hydrogen) atoms. The van der Waals surface area contributed by atoms with Crippen molar-refractivity contribution in [2.45, 2.75) is 31.7 Å². The standard InChI is InChI=1S/C24H31ClN6O3S/c25-23-22(27-15-19-2-1-13-34-17-19)16-28-31(24(23)33)21-7-9-29(10-8-21)35-30(11-12-32)20-5-3-18(14-26)4-6-20/h3-6,16,19,21,27,32H,1-2,7-13,15,17H2/t19-/m0/s1. The second kappa shape index (κ2) is 12.6. The summed E-state index contributed by atoms with van der Waals surface area (Å²) in [5, 5.41) is 26.4. The molecule has 2 N–H and O–H groups in total. The van der Waals surface area contributed by atoms with Crippen molar-refractivity contribution in [3.8, 4) is 6.07 Å². The van der Waals surface area contributed by atoms with Crippen LogP contribution in [0.25, 0.3) is 0 Å². The molecule has 0 aliphatic carbocycles. The third-order valence-corrected chi connectivity index (χ3v) is 7.90. The molecule has 0 radical (unpaired) electrons. The molecule has 0 unspecified atom stereocenters. The van der Waals surface area contributed by atoms with E-state index in [1.807, 2.05) is 16.4 Å². The molecular weight excluding hydrogens is 488 g/mol. The lowest BCUT2D eigenvalue weighted by atomic mass is 10.0. The van der Waals surface area contributed by atoms with Crippen LogP contribution in [-0.2, 0) is 4.74 Å². The van der Waals surface area contributed by atoms with Gasteiger partial charge in [0.25, 0.3) is 5.56 Å². The third-order valence-electron chi connectivity index (χ3n) is 6.35. The number of nitrogens with one attached hydrogen (secondary N) is 1. The van der Waals surface area contributed by atoms with Gasteiger partial charge in [-0.3, -0.25) is 4.79 Å². The molecule has 188 valence electrons. The fraction of sp³-hybridized carbons (Fsp3) is 0.542. The molecule has 2 aliphatic heterocycles. The first kappa shape index (κ1) is 25.8. The average Bonchev–Trinajstić information content (AvgIpc) is 2.90. The van der Waals surface area contributed by atoms with Crippen LogP contribution < -0.4 is 15.2 Å². The monoisotopic (exact) mass is 518 g/mol. The molecule has 2 saturated heterocycles. The Labute approximate surface area is 214 Å². The highest BCUT2D eigenvalue weighted by Crippen LogP contribution is 2.31. The molecule has 0 saturated carbocycles. The van der Waals surface area contributed by atoms with Crippen LogP contribution in [0.15, 0.2) is 35.3 Å². The Morgan fingerprint density at radius 3 is 2.71 bits per heavy atom. The van der Waals surface area contributed by atoms with Crippen LogP contribution >= 0.6 is 23.7 Å². The molecule has 3 heterocycles. The van der Waals surface area contributed by atoms with Crippen LogP contribution in [0.5, 0.6) is 0 Å². The van der Waals surface area contributed by atoms with Crippen LogP contribution in [0.3, 0.4) is 0 Å². The molecule has 9 nitrogen and oxygen atoms in total. The van der Waals surface area contributed by atoms with E-state index in [1.54, 1.807) is 30.5 Å². The highest BCUT2D eigenvalue weighted by atomic mass is 35.5. The Morgan fingerprint density at radius 2 is 2.06 bits per heavy atom. The molecule has 4 rings (SSSR count). The highest BCUT2D eigenvalue weighted by Gasteiger charge is 2.26. The zero-order chi connectivity index (χ0) is 24.6. The number of rotatable bonds is 9. The lowest BCUT2D eigenvalue weighted by Gasteiger charge is -2.35. The predicted octanol–water partition coefficient (Wildman–Crippen LogP) is 3.31. The molecule has 2 aliphatic rings. The average molecular weight is 519 g/mol. The largest absolute Gasteiger partial charge is 0.394 e. The lowest BCUT2D eigenvalue weighted by Crippen LogP contribution is -2.38. The molecule has 1 aromatic heterocycles. The molecule has 2 fully saturated rings. The van der Waals surface area contributed by atoms with Crippen molar-refractivity contribution in [3.05, 3.63) is 51.4 Å². The number of aliphatic hydroxyl groups is 1. The summed E-state index contributed by atoms with van der Waals surface area (Å²) in [7, 11) is 0. The van der Waals surface area contributed by atoms with Crippen LogP contribution in [0.1, 0.15) is 37.3 Å². The molecule has 0 amide bonds. The zero-order valence-corrected chi connectivity index (χ0v) is 21.2. The number of benzene rings is 1. The van der Waals surface area contributed by atoms with E-state index in [4.69, 9.17) is 21.6 Å². The van der Waals surface area contributed by atoms with Crippen molar-refractivity contribution in [1.29, 1.82) is 5.26 Å². The maximum Gasteiger partial charge on any atom is 0.287 e. The maximum absolute atomic E-state index is 12.9. The first-order valence-corrected chi connectivity index (χ1v) is 13.1. The van der Waals surface area contributed by atoms with Crippen molar-refractivity contribution in [1.82, 2.24) is 14.1 Å². The number of ether oxygens (including phenoxy) is 1. The van der Waals surface area contributed by atoms with Gasteiger partial charge in [0.05, 0.1) is 49.3 Å². The number of aromatic nitrogens is 2. The molecule has 0 bridgehead atoms. The molecule has 0 spiro atoms. The summed E-state index contributed by atoms with van der Waals surface area (Å²) < 4.78 is 11.3. The van der Waals surface area contributed by atoms with E-state index in [9.17, 15) is 9.90 Å². The second-order valence-electron chi connectivity index (χ2n) is 8.81. The number of nitriles is 1. The van der Waals surface area contributed by atoms with Gasteiger partial charge in [-0.1, -0.05) is 11.6 Å². The lowest BCUT2D eigenvalue weighted by molar-refractivity contribution is 0.0595. The minimum atomic E-state index is -0.262. The summed E-state index contributed by atoms with van der Waals surface area (Å²) in [6, 6.07) is 9.43. The number of aliphatic hydroxyl groups excluding tert-OH is 1. The number of hydrogen-bond donors (Lipinski definition) is 2. The van der Waals surface area contributed by atoms with Gasteiger partial charge >= 0.3 is 0 Å². The van der Waals surface area contributed by atoms with E-state index in [-0.39, 0.29) is 23.2 Å².